The van der Waals surface area contributed by atoms with E-state index >= 15 is 0 Å². The molecular weight excluding hydrogens is 496 g/mol. The monoisotopic (exact) mass is 526 g/mol. The number of fused-ring (bicyclic) bond motifs is 8. The van der Waals surface area contributed by atoms with E-state index in [0.717, 1.165) is 36.3 Å². The lowest BCUT2D eigenvalue weighted by molar-refractivity contribution is 0.487. The van der Waals surface area contributed by atoms with Crippen LogP contribution in [0.3, 0.4) is 0 Å². The maximum atomic E-state index is 6.47. The van der Waals surface area contributed by atoms with Crippen LogP contribution in [0.4, 0.5) is 0 Å². The van der Waals surface area contributed by atoms with Crippen molar-refractivity contribution in [3.8, 4) is 56.0 Å². The van der Waals surface area contributed by atoms with Gasteiger partial charge >= 0.3 is 0 Å². The Morgan fingerprint density at radius 3 is 2.02 bits per heavy atom. The maximum Gasteiger partial charge on any atom is 0.135 e. The molecule has 2 aliphatic rings. The Morgan fingerprint density at radius 2 is 1.17 bits per heavy atom. The summed E-state index contributed by atoms with van der Waals surface area (Å²) in [6.07, 6.45) is 3.21. The Kier molecular flexibility index (Phi) is 5.81. The smallest absolute Gasteiger partial charge is 0.135 e. The summed E-state index contributed by atoms with van der Waals surface area (Å²) in [6, 6.07) is 50.6. The molecule has 6 aromatic carbocycles. The minimum Gasteiger partial charge on any atom is -0.456 e. The highest BCUT2D eigenvalue weighted by atomic mass is 16.5. The van der Waals surface area contributed by atoms with Crippen LogP contribution in [0.5, 0.6) is 11.5 Å². The van der Waals surface area contributed by atoms with E-state index in [1.807, 2.05) is 6.07 Å². The van der Waals surface area contributed by atoms with Gasteiger partial charge in [-0.1, -0.05) is 115 Å². The number of aryl methyl sites for hydroxylation is 1. The molecule has 0 radical (unpaired) electrons. The highest BCUT2D eigenvalue weighted by Crippen LogP contribution is 2.47. The molecule has 1 heterocycles. The fraction of sp³-hybridized carbons (Fsp3) is 0.100. The van der Waals surface area contributed by atoms with Crippen LogP contribution >= 0.6 is 0 Å². The normalized spacial score (nSPS) is 14.4. The summed E-state index contributed by atoms with van der Waals surface area (Å²) in [5.74, 6) is 2.33. The SMILES string of the molecule is c1ccc(-c2ccc3c(c2)-c2ccccc2CC3CCc2ccc3c(c2)-c2ccccc2-c2ccccc2O3)cc1. The highest BCUT2D eigenvalue weighted by molar-refractivity contribution is 5.90. The zero-order valence-electron chi connectivity index (χ0n) is 22.9. The molecule has 0 bridgehead atoms. The van der Waals surface area contributed by atoms with Crippen LogP contribution in [-0.4, -0.2) is 0 Å². The van der Waals surface area contributed by atoms with Crippen LogP contribution in [0.2, 0.25) is 0 Å². The molecule has 0 spiro atoms. The molecule has 1 aliphatic carbocycles. The van der Waals surface area contributed by atoms with Gasteiger partial charge in [0.25, 0.3) is 0 Å². The second kappa shape index (κ2) is 9.94. The maximum absolute atomic E-state index is 6.47. The van der Waals surface area contributed by atoms with Crippen molar-refractivity contribution in [1.82, 2.24) is 0 Å². The molecular formula is C40H30O. The molecule has 1 unspecified atom stereocenters. The molecule has 1 atom stereocenters. The van der Waals surface area contributed by atoms with Crippen molar-refractivity contribution < 1.29 is 4.74 Å². The van der Waals surface area contributed by atoms with Gasteiger partial charge in [0.1, 0.15) is 11.5 Å². The third-order valence-corrected chi connectivity index (χ3v) is 8.81. The van der Waals surface area contributed by atoms with Crippen LogP contribution in [0.25, 0.3) is 44.5 Å². The third-order valence-electron chi connectivity index (χ3n) is 8.81. The molecule has 1 aliphatic heterocycles. The van der Waals surface area contributed by atoms with Crippen LogP contribution in [0.15, 0.2) is 140 Å². The largest absolute Gasteiger partial charge is 0.456 e. The molecule has 0 saturated heterocycles. The topological polar surface area (TPSA) is 9.23 Å². The highest BCUT2D eigenvalue weighted by Gasteiger charge is 2.25. The molecule has 41 heavy (non-hydrogen) atoms. The average molecular weight is 527 g/mol. The van der Waals surface area contributed by atoms with E-state index in [0.29, 0.717) is 5.92 Å². The first kappa shape index (κ1) is 24.0. The lowest BCUT2D eigenvalue weighted by Gasteiger charge is -2.29. The zero-order valence-corrected chi connectivity index (χ0v) is 22.9. The number of rotatable bonds is 4. The molecule has 0 amide bonds. The Hall–Kier alpha value is -4.88. The van der Waals surface area contributed by atoms with Crippen LogP contribution in [-0.2, 0) is 12.8 Å². The molecule has 8 rings (SSSR count). The molecule has 1 nitrogen and oxygen atoms in total. The van der Waals surface area contributed by atoms with Crippen LogP contribution in [0, 0.1) is 0 Å². The van der Waals surface area contributed by atoms with E-state index in [1.165, 1.54) is 55.6 Å². The number of hydrogen-bond acceptors (Lipinski definition) is 1. The summed E-state index contributed by atoms with van der Waals surface area (Å²) in [5.41, 5.74) is 14.4. The summed E-state index contributed by atoms with van der Waals surface area (Å²) in [5, 5.41) is 0. The molecule has 196 valence electrons. The lowest BCUT2D eigenvalue weighted by Crippen LogP contribution is -2.12. The first-order chi connectivity index (χ1) is 20.3. The fourth-order valence-corrected chi connectivity index (χ4v) is 6.77. The molecule has 1 heteroatoms. The minimum atomic E-state index is 0.483. The van der Waals surface area contributed by atoms with Crippen molar-refractivity contribution in [3.05, 3.63) is 156 Å². The first-order valence-corrected chi connectivity index (χ1v) is 14.6. The lowest BCUT2D eigenvalue weighted by atomic mass is 9.75. The van der Waals surface area contributed by atoms with Gasteiger partial charge in [-0.3, -0.25) is 0 Å². The Balaban J connectivity index is 1.13. The Morgan fingerprint density at radius 1 is 0.488 bits per heavy atom. The zero-order chi connectivity index (χ0) is 27.2. The summed E-state index contributed by atoms with van der Waals surface area (Å²) in [6.45, 7) is 0. The first-order valence-electron chi connectivity index (χ1n) is 14.6. The van der Waals surface area contributed by atoms with Crippen LogP contribution in [0.1, 0.15) is 29.0 Å². The van der Waals surface area contributed by atoms with Crippen molar-refractivity contribution >= 4 is 0 Å². The standard InChI is InChI=1S/C40H30O/c1-2-10-28(11-3-1)29-21-22-33-31(25-30-12-4-5-13-32(30)37(33)26-29)20-18-27-19-23-40-38(24-27)35-15-7-6-14-34(35)36-16-8-9-17-39(36)41-40/h1-17,19,21-24,26,31H,18,20,25H2. The van der Waals surface area contributed by atoms with Crippen molar-refractivity contribution in [1.29, 1.82) is 0 Å². The van der Waals surface area contributed by atoms with Crippen molar-refractivity contribution in [2.75, 3.05) is 0 Å². The quantitative estimate of drug-likeness (QED) is 0.222. The summed E-state index contributed by atoms with van der Waals surface area (Å²) < 4.78 is 6.47. The molecule has 6 aromatic rings. The van der Waals surface area contributed by atoms with Gasteiger partial charge in [-0.05, 0) is 99.5 Å². The van der Waals surface area contributed by atoms with E-state index in [-0.39, 0.29) is 0 Å². The summed E-state index contributed by atoms with van der Waals surface area (Å²) in [7, 11) is 0. The van der Waals surface area contributed by atoms with E-state index in [2.05, 4.69) is 133 Å². The van der Waals surface area contributed by atoms with E-state index in [4.69, 9.17) is 4.74 Å². The van der Waals surface area contributed by atoms with Gasteiger partial charge in [0.2, 0.25) is 0 Å². The van der Waals surface area contributed by atoms with Gasteiger partial charge in [-0.15, -0.1) is 0 Å². The number of benzene rings is 6. The van der Waals surface area contributed by atoms with E-state index in [9.17, 15) is 0 Å². The van der Waals surface area contributed by atoms with E-state index < -0.39 is 0 Å². The fourth-order valence-electron chi connectivity index (χ4n) is 6.77. The Bertz CT molecular complexity index is 1900. The minimum absolute atomic E-state index is 0.483. The predicted octanol–water partition coefficient (Wildman–Crippen LogP) is 10.7. The van der Waals surface area contributed by atoms with Gasteiger partial charge in [-0.2, -0.15) is 0 Å². The third kappa shape index (κ3) is 4.26. The Labute approximate surface area is 241 Å². The molecule has 0 saturated carbocycles. The number of hydrogen-bond donors (Lipinski definition) is 0. The van der Waals surface area contributed by atoms with Crippen LogP contribution < -0.4 is 4.74 Å². The van der Waals surface area contributed by atoms with Gasteiger partial charge in [-0.25, -0.2) is 0 Å². The molecule has 0 N–H and O–H groups in total. The number of para-hydroxylation sites is 1. The van der Waals surface area contributed by atoms with Gasteiger partial charge in [0, 0.05) is 11.1 Å². The average Bonchev–Trinajstić information content (AvgIpc) is 3.18. The van der Waals surface area contributed by atoms with Crippen molar-refractivity contribution in [2.45, 2.75) is 25.2 Å². The summed E-state index contributed by atoms with van der Waals surface area (Å²) in [4.78, 5) is 0. The van der Waals surface area contributed by atoms with Gasteiger partial charge < -0.3 is 4.74 Å². The summed E-state index contributed by atoms with van der Waals surface area (Å²) >= 11 is 0. The number of ether oxygens (including phenoxy) is 1. The van der Waals surface area contributed by atoms with Crippen molar-refractivity contribution in [2.24, 2.45) is 0 Å². The molecule has 0 fully saturated rings. The van der Waals surface area contributed by atoms with E-state index in [1.54, 1.807) is 0 Å². The second-order valence-electron chi connectivity index (χ2n) is 11.2. The predicted molar refractivity (Wildman–Crippen MR) is 169 cm³/mol. The van der Waals surface area contributed by atoms with Gasteiger partial charge in [0.15, 0.2) is 0 Å². The second-order valence-corrected chi connectivity index (χ2v) is 11.2. The van der Waals surface area contributed by atoms with Crippen molar-refractivity contribution in [3.63, 3.8) is 0 Å². The molecule has 0 aromatic heterocycles. The van der Waals surface area contributed by atoms with Gasteiger partial charge in [0.05, 0.1) is 0 Å².